The summed E-state index contributed by atoms with van der Waals surface area (Å²) in [5, 5.41) is 0. The molecule has 0 aromatic carbocycles. The number of hydrogen-bond donors (Lipinski definition) is 1. The smallest absolute Gasteiger partial charge is 0.0220 e. The molecule has 3 unspecified atom stereocenters. The van der Waals surface area contributed by atoms with Crippen LogP contribution in [0.4, 0.5) is 0 Å². The second-order valence-corrected chi connectivity index (χ2v) is 6.61. The van der Waals surface area contributed by atoms with Crippen molar-refractivity contribution in [3.63, 3.8) is 0 Å². The lowest BCUT2D eigenvalue weighted by molar-refractivity contribution is 0.0525. The SMILES string of the molecule is CC(C)CC(CN)N1CCC2CCCCC2C1. The number of hydrogen-bond acceptors (Lipinski definition) is 2. The highest BCUT2D eigenvalue weighted by atomic mass is 15.2. The summed E-state index contributed by atoms with van der Waals surface area (Å²) in [6, 6.07) is 0.637. The predicted molar refractivity (Wildman–Crippen MR) is 73.9 cm³/mol. The van der Waals surface area contributed by atoms with Gasteiger partial charge in [-0.2, -0.15) is 0 Å². The van der Waals surface area contributed by atoms with Gasteiger partial charge in [0.05, 0.1) is 0 Å². The Labute approximate surface area is 107 Å². The fourth-order valence-electron chi connectivity index (χ4n) is 3.90. The van der Waals surface area contributed by atoms with E-state index in [1.807, 2.05) is 0 Å². The molecule has 1 heterocycles. The van der Waals surface area contributed by atoms with E-state index in [0.29, 0.717) is 6.04 Å². The third-order valence-electron chi connectivity index (χ3n) is 4.85. The van der Waals surface area contributed by atoms with Crippen LogP contribution in [0.3, 0.4) is 0 Å². The largest absolute Gasteiger partial charge is 0.329 e. The van der Waals surface area contributed by atoms with E-state index in [0.717, 1.165) is 24.3 Å². The van der Waals surface area contributed by atoms with Crippen LogP contribution in [0.25, 0.3) is 0 Å². The minimum Gasteiger partial charge on any atom is -0.329 e. The third-order valence-corrected chi connectivity index (χ3v) is 4.85. The Morgan fingerprint density at radius 2 is 1.82 bits per heavy atom. The standard InChI is InChI=1S/C15H30N2/c1-12(2)9-15(10-16)17-8-7-13-5-3-4-6-14(13)11-17/h12-15H,3-11,16H2,1-2H3. The Morgan fingerprint density at radius 1 is 1.12 bits per heavy atom. The molecule has 0 bridgehead atoms. The van der Waals surface area contributed by atoms with Gasteiger partial charge in [-0.3, -0.25) is 4.90 Å². The summed E-state index contributed by atoms with van der Waals surface area (Å²) in [5.74, 6) is 2.80. The molecule has 0 amide bonds. The number of nitrogens with zero attached hydrogens (tertiary/aromatic N) is 1. The van der Waals surface area contributed by atoms with E-state index in [1.165, 1.54) is 51.6 Å². The predicted octanol–water partition coefficient (Wildman–Crippen LogP) is 2.87. The molecule has 3 atom stereocenters. The highest BCUT2D eigenvalue weighted by molar-refractivity contribution is 4.87. The van der Waals surface area contributed by atoms with E-state index < -0.39 is 0 Å². The summed E-state index contributed by atoms with van der Waals surface area (Å²) >= 11 is 0. The number of rotatable bonds is 4. The average Bonchev–Trinajstić information content (AvgIpc) is 2.35. The lowest BCUT2D eigenvalue weighted by atomic mass is 9.74. The lowest BCUT2D eigenvalue weighted by Gasteiger charge is -2.44. The van der Waals surface area contributed by atoms with Gasteiger partial charge < -0.3 is 5.73 Å². The summed E-state index contributed by atoms with van der Waals surface area (Å²) in [6.07, 6.45) is 8.61. The Hall–Kier alpha value is -0.0800. The van der Waals surface area contributed by atoms with Crippen molar-refractivity contribution in [2.24, 2.45) is 23.5 Å². The first-order valence-corrected chi connectivity index (χ1v) is 7.64. The first kappa shape index (κ1) is 13.4. The Balaban J connectivity index is 1.89. The van der Waals surface area contributed by atoms with E-state index in [-0.39, 0.29) is 0 Å². The summed E-state index contributed by atoms with van der Waals surface area (Å²) < 4.78 is 0. The molecule has 1 aliphatic carbocycles. The topological polar surface area (TPSA) is 29.3 Å². The van der Waals surface area contributed by atoms with Gasteiger partial charge in [-0.1, -0.05) is 33.1 Å². The van der Waals surface area contributed by atoms with Crippen LogP contribution in [0, 0.1) is 17.8 Å². The van der Waals surface area contributed by atoms with Gasteiger partial charge in [0.25, 0.3) is 0 Å². The van der Waals surface area contributed by atoms with E-state index >= 15 is 0 Å². The highest BCUT2D eigenvalue weighted by Crippen LogP contribution is 2.36. The average molecular weight is 238 g/mol. The summed E-state index contributed by atoms with van der Waals surface area (Å²) in [6.45, 7) is 8.11. The van der Waals surface area contributed by atoms with Crippen molar-refractivity contribution in [2.45, 2.75) is 58.4 Å². The van der Waals surface area contributed by atoms with Crippen LogP contribution in [0.2, 0.25) is 0 Å². The number of fused-ring (bicyclic) bond motifs is 1. The minimum atomic E-state index is 0.637. The molecule has 100 valence electrons. The molecule has 1 saturated carbocycles. The van der Waals surface area contributed by atoms with E-state index in [1.54, 1.807) is 0 Å². The van der Waals surface area contributed by atoms with Crippen LogP contribution < -0.4 is 5.73 Å². The van der Waals surface area contributed by atoms with Crippen molar-refractivity contribution in [2.75, 3.05) is 19.6 Å². The highest BCUT2D eigenvalue weighted by Gasteiger charge is 2.33. The second kappa shape index (κ2) is 6.19. The van der Waals surface area contributed by atoms with Gasteiger partial charge in [0.15, 0.2) is 0 Å². The third kappa shape index (κ3) is 3.45. The Kier molecular flexibility index (Phi) is 4.87. The van der Waals surface area contributed by atoms with Crippen LogP contribution >= 0.6 is 0 Å². The molecule has 0 aromatic heterocycles. The first-order chi connectivity index (χ1) is 8.20. The van der Waals surface area contributed by atoms with Crippen LogP contribution in [-0.2, 0) is 0 Å². The molecule has 2 aliphatic rings. The van der Waals surface area contributed by atoms with Crippen LogP contribution in [0.5, 0.6) is 0 Å². The van der Waals surface area contributed by atoms with Crippen molar-refractivity contribution < 1.29 is 0 Å². The van der Waals surface area contributed by atoms with Gasteiger partial charge in [-0.05, 0) is 43.6 Å². The van der Waals surface area contributed by atoms with Gasteiger partial charge in [0.2, 0.25) is 0 Å². The van der Waals surface area contributed by atoms with Crippen LogP contribution in [0.15, 0.2) is 0 Å². The molecule has 2 N–H and O–H groups in total. The van der Waals surface area contributed by atoms with Gasteiger partial charge in [-0.25, -0.2) is 0 Å². The lowest BCUT2D eigenvalue weighted by Crippen LogP contribution is -2.49. The van der Waals surface area contributed by atoms with Crippen molar-refractivity contribution in [1.82, 2.24) is 4.90 Å². The maximum absolute atomic E-state index is 5.98. The fraction of sp³-hybridized carbons (Fsp3) is 1.00. The molecule has 0 aromatic rings. The molecule has 0 spiro atoms. The van der Waals surface area contributed by atoms with Crippen molar-refractivity contribution in [3.05, 3.63) is 0 Å². The zero-order chi connectivity index (χ0) is 12.3. The summed E-state index contributed by atoms with van der Waals surface area (Å²) in [5.41, 5.74) is 5.98. The van der Waals surface area contributed by atoms with Gasteiger partial charge >= 0.3 is 0 Å². The van der Waals surface area contributed by atoms with Crippen molar-refractivity contribution in [3.8, 4) is 0 Å². The quantitative estimate of drug-likeness (QED) is 0.816. The Bertz CT molecular complexity index is 227. The number of piperidine rings is 1. The maximum Gasteiger partial charge on any atom is 0.0220 e. The maximum atomic E-state index is 5.98. The molecule has 0 radical (unpaired) electrons. The number of likely N-dealkylation sites (tertiary alicyclic amines) is 1. The van der Waals surface area contributed by atoms with Gasteiger partial charge in [0.1, 0.15) is 0 Å². The molecule has 2 nitrogen and oxygen atoms in total. The normalized spacial score (nSPS) is 32.5. The molecule has 1 saturated heterocycles. The zero-order valence-electron chi connectivity index (χ0n) is 11.7. The van der Waals surface area contributed by atoms with Crippen LogP contribution in [-0.4, -0.2) is 30.6 Å². The molecule has 2 heteroatoms. The van der Waals surface area contributed by atoms with Gasteiger partial charge in [0, 0.05) is 19.1 Å². The van der Waals surface area contributed by atoms with E-state index in [2.05, 4.69) is 18.7 Å². The Morgan fingerprint density at radius 3 is 2.47 bits per heavy atom. The van der Waals surface area contributed by atoms with Gasteiger partial charge in [-0.15, -0.1) is 0 Å². The van der Waals surface area contributed by atoms with Crippen LogP contribution in [0.1, 0.15) is 52.4 Å². The van der Waals surface area contributed by atoms with E-state index in [4.69, 9.17) is 5.73 Å². The molecule has 2 fully saturated rings. The summed E-state index contributed by atoms with van der Waals surface area (Å²) in [7, 11) is 0. The molecule has 2 rings (SSSR count). The van der Waals surface area contributed by atoms with E-state index in [9.17, 15) is 0 Å². The van der Waals surface area contributed by atoms with Crippen molar-refractivity contribution >= 4 is 0 Å². The molecular formula is C15H30N2. The fourth-order valence-corrected chi connectivity index (χ4v) is 3.90. The first-order valence-electron chi connectivity index (χ1n) is 7.64. The molecule has 1 aliphatic heterocycles. The monoisotopic (exact) mass is 238 g/mol. The van der Waals surface area contributed by atoms with Crippen molar-refractivity contribution in [1.29, 1.82) is 0 Å². The number of nitrogens with two attached hydrogens (primary N) is 1. The summed E-state index contributed by atoms with van der Waals surface area (Å²) in [4.78, 5) is 2.70. The minimum absolute atomic E-state index is 0.637. The second-order valence-electron chi connectivity index (χ2n) is 6.61. The molecule has 17 heavy (non-hydrogen) atoms. The zero-order valence-corrected chi connectivity index (χ0v) is 11.7. The molecular weight excluding hydrogens is 208 g/mol.